The number of carbonyl (C=O) groups excluding carboxylic acids is 2. The second-order valence-electron chi connectivity index (χ2n) is 6.43. The smallest absolute Gasteiger partial charge is 0.323 e. The molecule has 1 heterocycles. The molecule has 0 bridgehead atoms. The fourth-order valence-electron chi connectivity index (χ4n) is 2.43. The van der Waals surface area contributed by atoms with Gasteiger partial charge in [-0.05, 0) is 12.8 Å². The van der Waals surface area contributed by atoms with Crippen molar-refractivity contribution in [1.29, 1.82) is 0 Å². The van der Waals surface area contributed by atoms with Crippen LogP contribution in [-0.2, 0) is 14.4 Å². The lowest BCUT2D eigenvalue weighted by Gasteiger charge is -2.36. The van der Waals surface area contributed by atoms with Gasteiger partial charge in [-0.3, -0.25) is 14.4 Å². The van der Waals surface area contributed by atoms with Gasteiger partial charge in [0.15, 0.2) is 0 Å². The second-order valence-corrected chi connectivity index (χ2v) is 6.43. The molecular formula is C14H24N2O4. The zero-order chi connectivity index (χ0) is 15.5. The SMILES string of the molecule is CN(CC(=O)O)C(=O)C1CCCN(C(=O)C(C)(C)C)C1. The highest BCUT2D eigenvalue weighted by Crippen LogP contribution is 2.24. The van der Waals surface area contributed by atoms with Gasteiger partial charge in [-0.15, -0.1) is 0 Å². The van der Waals surface area contributed by atoms with Crippen molar-refractivity contribution < 1.29 is 19.5 Å². The van der Waals surface area contributed by atoms with Crippen molar-refractivity contribution in [2.45, 2.75) is 33.6 Å². The summed E-state index contributed by atoms with van der Waals surface area (Å²) in [6, 6.07) is 0. The number of likely N-dealkylation sites (N-methyl/N-ethyl adjacent to an activating group) is 1. The number of likely N-dealkylation sites (tertiary alicyclic amines) is 1. The Morgan fingerprint density at radius 1 is 1.30 bits per heavy atom. The molecule has 1 N–H and O–H groups in total. The molecule has 2 amide bonds. The minimum atomic E-state index is -1.03. The molecule has 1 atom stereocenters. The van der Waals surface area contributed by atoms with Gasteiger partial charge in [0.1, 0.15) is 6.54 Å². The molecule has 0 spiro atoms. The van der Waals surface area contributed by atoms with Crippen LogP contribution in [0, 0.1) is 11.3 Å². The predicted octanol–water partition coefficient (Wildman–Crippen LogP) is 0.814. The lowest BCUT2D eigenvalue weighted by atomic mass is 9.90. The largest absolute Gasteiger partial charge is 0.480 e. The average Bonchev–Trinajstić information content (AvgIpc) is 2.35. The van der Waals surface area contributed by atoms with Gasteiger partial charge in [0.2, 0.25) is 11.8 Å². The van der Waals surface area contributed by atoms with E-state index in [0.717, 1.165) is 6.42 Å². The first kappa shape index (κ1) is 16.5. The third-order valence-corrected chi connectivity index (χ3v) is 3.45. The van der Waals surface area contributed by atoms with Crippen LogP contribution in [0.3, 0.4) is 0 Å². The number of piperidine rings is 1. The Morgan fingerprint density at radius 3 is 2.40 bits per heavy atom. The lowest BCUT2D eigenvalue weighted by molar-refractivity contribution is -0.149. The molecule has 20 heavy (non-hydrogen) atoms. The first-order valence-corrected chi connectivity index (χ1v) is 6.89. The van der Waals surface area contributed by atoms with E-state index in [-0.39, 0.29) is 24.3 Å². The van der Waals surface area contributed by atoms with Gasteiger partial charge in [-0.1, -0.05) is 20.8 Å². The Kier molecular flexibility index (Phi) is 5.14. The maximum absolute atomic E-state index is 12.2. The summed E-state index contributed by atoms with van der Waals surface area (Å²) in [6.07, 6.45) is 1.48. The number of rotatable bonds is 3. The van der Waals surface area contributed by atoms with Gasteiger partial charge in [0.05, 0.1) is 5.92 Å². The summed E-state index contributed by atoms with van der Waals surface area (Å²) in [5.41, 5.74) is -0.460. The van der Waals surface area contributed by atoms with Crippen molar-refractivity contribution in [2.24, 2.45) is 11.3 Å². The van der Waals surface area contributed by atoms with Crippen LogP contribution < -0.4 is 0 Å². The van der Waals surface area contributed by atoms with Crippen LogP contribution in [0.1, 0.15) is 33.6 Å². The maximum Gasteiger partial charge on any atom is 0.323 e. The number of carboxylic acid groups (broad SMARTS) is 1. The van der Waals surface area contributed by atoms with Crippen molar-refractivity contribution in [1.82, 2.24) is 9.80 Å². The van der Waals surface area contributed by atoms with E-state index in [1.165, 1.54) is 11.9 Å². The van der Waals surface area contributed by atoms with Gasteiger partial charge in [-0.2, -0.15) is 0 Å². The molecule has 0 saturated carbocycles. The monoisotopic (exact) mass is 284 g/mol. The number of nitrogens with zero attached hydrogens (tertiary/aromatic N) is 2. The van der Waals surface area contributed by atoms with Gasteiger partial charge in [0.25, 0.3) is 0 Å². The van der Waals surface area contributed by atoms with E-state index < -0.39 is 11.4 Å². The predicted molar refractivity (Wildman–Crippen MR) is 74.0 cm³/mol. The summed E-state index contributed by atoms with van der Waals surface area (Å²) in [7, 11) is 1.49. The zero-order valence-corrected chi connectivity index (χ0v) is 12.7. The summed E-state index contributed by atoms with van der Waals surface area (Å²) < 4.78 is 0. The highest BCUT2D eigenvalue weighted by atomic mass is 16.4. The van der Waals surface area contributed by atoms with Crippen molar-refractivity contribution >= 4 is 17.8 Å². The molecule has 0 aromatic heterocycles. The summed E-state index contributed by atoms with van der Waals surface area (Å²) in [4.78, 5) is 38.0. The highest BCUT2D eigenvalue weighted by Gasteiger charge is 2.34. The maximum atomic E-state index is 12.2. The normalized spacial score (nSPS) is 19.6. The van der Waals surface area contributed by atoms with Gasteiger partial charge in [0, 0.05) is 25.6 Å². The standard InChI is InChI=1S/C14H24N2O4/c1-14(2,3)13(20)16-7-5-6-10(8-16)12(19)15(4)9-11(17)18/h10H,5-9H2,1-4H3,(H,17,18). The third kappa shape index (κ3) is 4.21. The Bertz CT molecular complexity index is 400. The Balaban J connectivity index is 2.67. The highest BCUT2D eigenvalue weighted by molar-refractivity contribution is 5.85. The molecule has 1 rings (SSSR count). The quantitative estimate of drug-likeness (QED) is 0.832. The molecule has 114 valence electrons. The molecule has 1 unspecified atom stereocenters. The van der Waals surface area contributed by atoms with E-state index >= 15 is 0 Å². The molecule has 1 fully saturated rings. The Hall–Kier alpha value is -1.59. The van der Waals surface area contributed by atoms with E-state index in [1.807, 2.05) is 20.8 Å². The number of carbonyl (C=O) groups is 3. The molecule has 0 aromatic rings. The number of carboxylic acids is 1. The van der Waals surface area contributed by atoms with E-state index in [1.54, 1.807) is 4.90 Å². The molecule has 1 aliphatic heterocycles. The zero-order valence-electron chi connectivity index (χ0n) is 12.7. The molecule has 0 aliphatic carbocycles. The van der Waals surface area contributed by atoms with E-state index in [0.29, 0.717) is 19.5 Å². The van der Waals surface area contributed by atoms with E-state index in [4.69, 9.17) is 5.11 Å². The summed E-state index contributed by atoms with van der Waals surface area (Å²) >= 11 is 0. The van der Waals surface area contributed by atoms with Crippen LogP contribution in [0.5, 0.6) is 0 Å². The number of amides is 2. The average molecular weight is 284 g/mol. The first-order chi connectivity index (χ1) is 9.12. The molecule has 1 aliphatic rings. The van der Waals surface area contributed by atoms with Gasteiger partial charge >= 0.3 is 5.97 Å². The van der Waals surface area contributed by atoms with Gasteiger partial charge < -0.3 is 14.9 Å². The van der Waals surface area contributed by atoms with Crippen molar-refractivity contribution in [3.05, 3.63) is 0 Å². The molecule has 6 nitrogen and oxygen atoms in total. The lowest BCUT2D eigenvalue weighted by Crippen LogP contribution is -2.49. The minimum absolute atomic E-state index is 0.0379. The second kappa shape index (κ2) is 6.24. The molecule has 0 aromatic carbocycles. The van der Waals surface area contributed by atoms with Crippen LogP contribution in [0.25, 0.3) is 0 Å². The van der Waals surface area contributed by atoms with Crippen LogP contribution in [-0.4, -0.2) is 59.4 Å². The molecule has 1 saturated heterocycles. The number of hydrogen-bond donors (Lipinski definition) is 1. The first-order valence-electron chi connectivity index (χ1n) is 6.89. The fraction of sp³-hybridized carbons (Fsp3) is 0.786. The fourth-order valence-corrected chi connectivity index (χ4v) is 2.43. The Labute approximate surface area is 119 Å². The van der Waals surface area contributed by atoms with Crippen molar-refractivity contribution in [2.75, 3.05) is 26.7 Å². The molecular weight excluding hydrogens is 260 g/mol. The number of aliphatic carboxylic acids is 1. The summed E-state index contributed by atoms with van der Waals surface area (Å²) in [5, 5.41) is 8.72. The van der Waals surface area contributed by atoms with Crippen molar-refractivity contribution in [3.8, 4) is 0 Å². The van der Waals surface area contributed by atoms with Gasteiger partial charge in [-0.25, -0.2) is 0 Å². The van der Waals surface area contributed by atoms with Crippen molar-refractivity contribution in [3.63, 3.8) is 0 Å². The third-order valence-electron chi connectivity index (χ3n) is 3.45. The van der Waals surface area contributed by atoms with E-state index in [9.17, 15) is 14.4 Å². The molecule has 0 radical (unpaired) electrons. The van der Waals surface area contributed by atoms with Crippen LogP contribution >= 0.6 is 0 Å². The minimum Gasteiger partial charge on any atom is -0.480 e. The van der Waals surface area contributed by atoms with Crippen LogP contribution in [0.15, 0.2) is 0 Å². The topological polar surface area (TPSA) is 77.9 Å². The van der Waals surface area contributed by atoms with Crippen LogP contribution in [0.2, 0.25) is 0 Å². The van der Waals surface area contributed by atoms with Crippen LogP contribution in [0.4, 0.5) is 0 Å². The molecule has 6 heteroatoms. The summed E-state index contributed by atoms with van der Waals surface area (Å²) in [5.74, 6) is -1.48. The number of hydrogen-bond acceptors (Lipinski definition) is 3. The Morgan fingerprint density at radius 2 is 1.90 bits per heavy atom. The van der Waals surface area contributed by atoms with E-state index in [2.05, 4.69) is 0 Å². The summed E-state index contributed by atoms with van der Waals surface area (Å²) in [6.45, 7) is 6.33.